The van der Waals surface area contributed by atoms with Crippen molar-refractivity contribution in [1.29, 1.82) is 0 Å². The fourth-order valence-corrected chi connectivity index (χ4v) is 1.75. The molecule has 5 nitrogen and oxygen atoms in total. The Morgan fingerprint density at radius 1 is 1.31 bits per heavy atom. The van der Waals surface area contributed by atoms with Gasteiger partial charge in [0.25, 0.3) is 5.69 Å². The first-order valence-corrected chi connectivity index (χ1v) is 5.00. The van der Waals surface area contributed by atoms with Gasteiger partial charge in [0.15, 0.2) is 5.13 Å². The molecule has 0 fully saturated rings. The quantitative estimate of drug-likeness (QED) is 0.683. The van der Waals surface area contributed by atoms with Gasteiger partial charge in [0.1, 0.15) is 0 Å². The molecule has 0 unspecified atom stereocenters. The number of rotatable bonds is 2. The lowest BCUT2D eigenvalue weighted by Gasteiger charge is -1.95. The molecule has 0 saturated carbocycles. The van der Waals surface area contributed by atoms with E-state index in [0.717, 1.165) is 11.3 Å². The predicted octanol–water partition coefficient (Wildman–Crippen LogP) is 2.88. The molecule has 0 aliphatic heterocycles. The third-order valence-corrected chi connectivity index (χ3v) is 2.57. The number of hydrogen-bond acceptors (Lipinski definition) is 5. The Labute approximate surface area is 106 Å². The first kappa shape index (κ1) is 12.6. The SMILES string of the molecule is Br.Nc1nc(-c2ccc([N+](=O)[O-])cc2)cs1. The maximum absolute atomic E-state index is 10.4. The largest absolute Gasteiger partial charge is 0.375 e. The molecular weight excluding hydrogens is 294 g/mol. The van der Waals surface area contributed by atoms with E-state index in [1.54, 1.807) is 12.1 Å². The van der Waals surface area contributed by atoms with Gasteiger partial charge < -0.3 is 5.73 Å². The molecule has 0 saturated heterocycles. The molecule has 16 heavy (non-hydrogen) atoms. The van der Waals surface area contributed by atoms with Gasteiger partial charge in [-0.25, -0.2) is 4.98 Å². The normalized spacial score (nSPS) is 9.50. The molecule has 0 spiro atoms. The lowest BCUT2D eigenvalue weighted by molar-refractivity contribution is -0.384. The maximum Gasteiger partial charge on any atom is 0.269 e. The van der Waals surface area contributed by atoms with Gasteiger partial charge in [-0.3, -0.25) is 10.1 Å². The number of benzene rings is 1. The first-order chi connectivity index (χ1) is 7.16. The third-order valence-electron chi connectivity index (χ3n) is 1.90. The second-order valence-electron chi connectivity index (χ2n) is 2.87. The summed E-state index contributed by atoms with van der Waals surface area (Å²) in [7, 11) is 0. The average molecular weight is 302 g/mol. The van der Waals surface area contributed by atoms with E-state index in [1.165, 1.54) is 23.5 Å². The number of thiazole rings is 1. The fraction of sp³-hybridized carbons (Fsp3) is 0. The van der Waals surface area contributed by atoms with Gasteiger partial charge >= 0.3 is 0 Å². The Morgan fingerprint density at radius 2 is 1.94 bits per heavy atom. The summed E-state index contributed by atoms with van der Waals surface area (Å²) in [5.74, 6) is 0. The highest BCUT2D eigenvalue weighted by Crippen LogP contribution is 2.24. The summed E-state index contributed by atoms with van der Waals surface area (Å²) in [6.45, 7) is 0. The van der Waals surface area contributed by atoms with E-state index < -0.39 is 4.92 Å². The number of halogens is 1. The van der Waals surface area contributed by atoms with Crippen molar-refractivity contribution in [3.8, 4) is 11.3 Å². The zero-order chi connectivity index (χ0) is 10.8. The van der Waals surface area contributed by atoms with E-state index in [0.29, 0.717) is 5.13 Å². The highest BCUT2D eigenvalue weighted by molar-refractivity contribution is 8.93. The van der Waals surface area contributed by atoms with E-state index >= 15 is 0 Å². The van der Waals surface area contributed by atoms with Crippen molar-refractivity contribution < 1.29 is 4.92 Å². The van der Waals surface area contributed by atoms with E-state index in [-0.39, 0.29) is 22.7 Å². The standard InChI is InChI=1S/C9H7N3O2S.BrH/c10-9-11-8(5-15-9)6-1-3-7(4-2-6)12(13)14;/h1-5H,(H2,10,11);1H. The van der Waals surface area contributed by atoms with Crippen LogP contribution >= 0.6 is 28.3 Å². The average Bonchev–Trinajstić information content (AvgIpc) is 2.65. The molecule has 7 heteroatoms. The number of nitrogens with two attached hydrogens (primary N) is 1. The number of nitro groups is 1. The van der Waals surface area contributed by atoms with E-state index in [4.69, 9.17) is 5.73 Å². The summed E-state index contributed by atoms with van der Waals surface area (Å²) in [6.07, 6.45) is 0. The van der Waals surface area contributed by atoms with Crippen molar-refractivity contribution in [2.24, 2.45) is 0 Å². The van der Waals surface area contributed by atoms with Gasteiger partial charge in [0, 0.05) is 23.1 Å². The van der Waals surface area contributed by atoms with Crippen molar-refractivity contribution >= 4 is 39.1 Å². The molecule has 2 aromatic rings. The van der Waals surface area contributed by atoms with Crippen LogP contribution in [0.3, 0.4) is 0 Å². The topological polar surface area (TPSA) is 82.0 Å². The van der Waals surface area contributed by atoms with Crippen LogP contribution in [0.2, 0.25) is 0 Å². The van der Waals surface area contributed by atoms with Gasteiger partial charge in [-0.1, -0.05) is 0 Å². The van der Waals surface area contributed by atoms with Gasteiger partial charge in [-0.15, -0.1) is 28.3 Å². The van der Waals surface area contributed by atoms with Crippen LogP contribution in [0.5, 0.6) is 0 Å². The molecule has 0 amide bonds. The number of nitrogen functional groups attached to an aromatic ring is 1. The Morgan fingerprint density at radius 3 is 2.38 bits per heavy atom. The Hall–Kier alpha value is -1.47. The summed E-state index contributed by atoms with van der Waals surface area (Å²) in [5.41, 5.74) is 7.13. The molecule has 2 N–H and O–H groups in total. The van der Waals surface area contributed by atoms with Crippen molar-refractivity contribution in [2.75, 3.05) is 5.73 Å². The molecule has 84 valence electrons. The van der Waals surface area contributed by atoms with Gasteiger partial charge in [0.2, 0.25) is 0 Å². The number of anilines is 1. The lowest BCUT2D eigenvalue weighted by Crippen LogP contribution is -1.87. The van der Waals surface area contributed by atoms with E-state index in [1.807, 2.05) is 5.38 Å². The van der Waals surface area contributed by atoms with Crippen LogP contribution in [0.25, 0.3) is 11.3 Å². The molecule has 1 aromatic heterocycles. The van der Waals surface area contributed by atoms with Crippen molar-refractivity contribution in [3.63, 3.8) is 0 Å². The van der Waals surface area contributed by atoms with Crippen molar-refractivity contribution in [3.05, 3.63) is 39.8 Å². The number of hydrogen-bond donors (Lipinski definition) is 1. The Kier molecular flexibility index (Phi) is 3.97. The maximum atomic E-state index is 10.4. The van der Waals surface area contributed by atoms with Crippen LogP contribution in [0.1, 0.15) is 0 Å². The van der Waals surface area contributed by atoms with Crippen LogP contribution in [0.4, 0.5) is 10.8 Å². The molecule has 0 radical (unpaired) electrons. The smallest absolute Gasteiger partial charge is 0.269 e. The molecule has 2 rings (SSSR count). The second-order valence-corrected chi connectivity index (χ2v) is 3.76. The summed E-state index contributed by atoms with van der Waals surface area (Å²) in [6, 6.07) is 6.22. The minimum atomic E-state index is -0.431. The lowest BCUT2D eigenvalue weighted by atomic mass is 10.1. The van der Waals surface area contributed by atoms with E-state index in [9.17, 15) is 10.1 Å². The van der Waals surface area contributed by atoms with Crippen molar-refractivity contribution in [2.45, 2.75) is 0 Å². The first-order valence-electron chi connectivity index (χ1n) is 4.12. The molecule has 0 aliphatic rings. The van der Waals surface area contributed by atoms with Crippen LogP contribution < -0.4 is 5.73 Å². The summed E-state index contributed by atoms with van der Waals surface area (Å²) >= 11 is 1.34. The predicted molar refractivity (Wildman–Crippen MR) is 68.9 cm³/mol. The Bertz CT molecular complexity index is 498. The zero-order valence-electron chi connectivity index (χ0n) is 7.99. The highest BCUT2D eigenvalue weighted by atomic mass is 79.9. The second kappa shape index (κ2) is 5.04. The zero-order valence-corrected chi connectivity index (χ0v) is 10.5. The van der Waals surface area contributed by atoms with Crippen molar-refractivity contribution in [1.82, 2.24) is 4.98 Å². The Balaban J connectivity index is 0.00000128. The number of non-ortho nitro benzene ring substituents is 1. The minimum absolute atomic E-state index is 0. The van der Waals surface area contributed by atoms with Crippen LogP contribution in [0, 0.1) is 10.1 Å². The summed E-state index contributed by atoms with van der Waals surface area (Å²) in [5, 5.41) is 12.7. The molecule has 1 heterocycles. The van der Waals surface area contributed by atoms with Crippen LogP contribution in [0.15, 0.2) is 29.6 Å². The highest BCUT2D eigenvalue weighted by Gasteiger charge is 2.06. The third kappa shape index (κ3) is 2.56. The molecular formula is C9H8BrN3O2S. The monoisotopic (exact) mass is 301 g/mol. The van der Waals surface area contributed by atoms with Crippen LogP contribution in [-0.2, 0) is 0 Å². The molecule has 0 aliphatic carbocycles. The summed E-state index contributed by atoms with van der Waals surface area (Å²) < 4.78 is 0. The fourth-order valence-electron chi connectivity index (χ4n) is 1.17. The minimum Gasteiger partial charge on any atom is -0.375 e. The van der Waals surface area contributed by atoms with Gasteiger partial charge in [0.05, 0.1) is 10.6 Å². The molecule has 1 aromatic carbocycles. The summed E-state index contributed by atoms with van der Waals surface area (Å²) in [4.78, 5) is 14.1. The molecule has 0 bridgehead atoms. The van der Waals surface area contributed by atoms with E-state index in [2.05, 4.69) is 4.98 Å². The van der Waals surface area contributed by atoms with Crippen LogP contribution in [-0.4, -0.2) is 9.91 Å². The molecule has 0 atom stereocenters. The van der Waals surface area contributed by atoms with Gasteiger partial charge in [-0.05, 0) is 12.1 Å². The number of aromatic nitrogens is 1. The number of nitrogens with zero attached hydrogens (tertiary/aromatic N) is 2. The number of nitro benzene ring substituents is 1. The van der Waals surface area contributed by atoms with Gasteiger partial charge in [-0.2, -0.15) is 0 Å².